The monoisotopic (exact) mass is 285 g/mol. The van der Waals surface area contributed by atoms with E-state index < -0.39 is 0 Å². The standard InChI is InChI=1S/C16H16FN3O/c17-12-5-2-6-13(9-12)19-14-7-8-15(18-10-14)20-16(21)11-3-1-4-11/h2,5-11,19H,1,3-4H2,(H,18,20,21). The number of anilines is 3. The summed E-state index contributed by atoms with van der Waals surface area (Å²) in [6, 6.07) is 9.74. The molecule has 1 aliphatic carbocycles. The summed E-state index contributed by atoms with van der Waals surface area (Å²) in [6.07, 6.45) is 4.67. The maximum atomic E-state index is 13.1. The van der Waals surface area contributed by atoms with Crippen LogP contribution in [0.4, 0.5) is 21.6 Å². The summed E-state index contributed by atoms with van der Waals surface area (Å²) in [6.45, 7) is 0. The smallest absolute Gasteiger partial charge is 0.228 e. The van der Waals surface area contributed by atoms with Crippen LogP contribution in [0.15, 0.2) is 42.6 Å². The van der Waals surface area contributed by atoms with Crippen LogP contribution in [0.3, 0.4) is 0 Å². The zero-order valence-electron chi connectivity index (χ0n) is 11.5. The molecule has 4 nitrogen and oxygen atoms in total. The number of aromatic nitrogens is 1. The van der Waals surface area contributed by atoms with Gasteiger partial charge in [0.15, 0.2) is 0 Å². The lowest BCUT2D eigenvalue weighted by Gasteiger charge is -2.23. The number of benzene rings is 1. The van der Waals surface area contributed by atoms with Crippen LogP contribution >= 0.6 is 0 Å². The minimum Gasteiger partial charge on any atom is -0.354 e. The molecule has 0 saturated heterocycles. The topological polar surface area (TPSA) is 54.0 Å². The van der Waals surface area contributed by atoms with Crippen molar-refractivity contribution in [3.8, 4) is 0 Å². The van der Waals surface area contributed by atoms with Crippen molar-refractivity contribution in [2.75, 3.05) is 10.6 Å². The van der Waals surface area contributed by atoms with Crippen LogP contribution in [0.25, 0.3) is 0 Å². The quantitative estimate of drug-likeness (QED) is 0.900. The zero-order chi connectivity index (χ0) is 14.7. The Morgan fingerprint density at radius 2 is 2.05 bits per heavy atom. The average molecular weight is 285 g/mol. The SMILES string of the molecule is O=C(Nc1ccc(Nc2cccc(F)c2)cn1)C1CCC1. The van der Waals surface area contributed by atoms with Gasteiger partial charge in [-0.25, -0.2) is 9.37 Å². The van der Waals surface area contributed by atoms with Crippen molar-refractivity contribution in [1.82, 2.24) is 4.98 Å². The van der Waals surface area contributed by atoms with Crippen molar-refractivity contribution < 1.29 is 9.18 Å². The summed E-state index contributed by atoms with van der Waals surface area (Å²) in [7, 11) is 0. The molecule has 0 radical (unpaired) electrons. The third-order valence-corrected chi connectivity index (χ3v) is 3.60. The van der Waals surface area contributed by atoms with Crippen molar-refractivity contribution >= 4 is 23.1 Å². The van der Waals surface area contributed by atoms with Crippen LogP contribution in [-0.4, -0.2) is 10.9 Å². The molecule has 1 amide bonds. The van der Waals surface area contributed by atoms with E-state index in [-0.39, 0.29) is 17.6 Å². The van der Waals surface area contributed by atoms with E-state index in [0.29, 0.717) is 11.5 Å². The number of rotatable bonds is 4. The number of hydrogen-bond donors (Lipinski definition) is 2. The Morgan fingerprint density at radius 3 is 2.67 bits per heavy atom. The summed E-state index contributed by atoms with van der Waals surface area (Å²) in [4.78, 5) is 16.0. The molecule has 1 heterocycles. The summed E-state index contributed by atoms with van der Waals surface area (Å²) >= 11 is 0. The number of hydrogen-bond acceptors (Lipinski definition) is 3. The van der Waals surface area contributed by atoms with Gasteiger partial charge >= 0.3 is 0 Å². The second-order valence-corrected chi connectivity index (χ2v) is 5.18. The Morgan fingerprint density at radius 1 is 1.19 bits per heavy atom. The van der Waals surface area contributed by atoms with Gasteiger partial charge in [0.1, 0.15) is 11.6 Å². The van der Waals surface area contributed by atoms with Crippen LogP contribution < -0.4 is 10.6 Å². The van der Waals surface area contributed by atoms with E-state index in [2.05, 4.69) is 15.6 Å². The molecule has 0 bridgehead atoms. The largest absolute Gasteiger partial charge is 0.354 e. The van der Waals surface area contributed by atoms with Crippen LogP contribution in [-0.2, 0) is 4.79 Å². The molecule has 3 rings (SSSR count). The van der Waals surface area contributed by atoms with Gasteiger partial charge in [-0.1, -0.05) is 12.5 Å². The lowest BCUT2D eigenvalue weighted by atomic mass is 9.85. The van der Waals surface area contributed by atoms with Gasteiger partial charge in [-0.05, 0) is 43.2 Å². The van der Waals surface area contributed by atoms with E-state index in [1.807, 2.05) is 0 Å². The first-order valence-corrected chi connectivity index (χ1v) is 7.00. The highest BCUT2D eigenvalue weighted by Gasteiger charge is 2.25. The number of amides is 1. The number of nitrogens with one attached hydrogen (secondary N) is 2. The van der Waals surface area contributed by atoms with Crippen LogP contribution in [0.2, 0.25) is 0 Å². The molecule has 1 aliphatic rings. The highest BCUT2D eigenvalue weighted by Crippen LogP contribution is 2.27. The normalized spacial score (nSPS) is 14.3. The van der Waals surface area contributed by atoms with E-state index in [4.69, 9.17) is 0 Å². The van der Waals surface area contributed by atoms with E-state index in [1.165, 1.54) is 12.1 Å². The Bertz CT molecular complexity index is 638. The van der Waals surface area contributed by atoms with Crippen molar-refractivity contribution in [2.24, 2.45) is 5.92 Å². The minimum atomic E-state index is -0.294. The van der Waals surface area contributed by atoms with Crippen LogP contribution in [0.5, 0.6) is 0 Å². The Kier molecular flexibility index (Phi) is 3.81. The van der Waals surface area contributed by atoms with E-state index in [9.17, 15) is 9.18 Å². The number of carbonyl (C=O) groups is 1. The predicted molar refractivity (Wildman–Crippen MR) is 79.9 cm³/mol. The second-order valence-electron chi connectivity index (χ2n) is 5.18. The molecular formula is C16H16FN3O. The molecular weight excluding hydrogens is 269 g/mol. The fraction of sp³-hybridized carbons (Fsp3) is 0.250. The first-order valence-electron chi connectivity index (χ1n) is 7.00. The number of nitrogens with zero attached hydrogens (tertiary/aromatic N) is 1. The molecule has 2 N–H and O–H groups in total. The molecule has 1 aromatic carbocycles. The summed E-state index contributed by atoms with van der Waals surface area (Å²) in [5.41, 5.74) is 1.39. The molecule has 5 heteroatoms. The summed E-state index contributed by atoms with van der Waals surface area (Å²) in [5, 5.41) is 5.86. The molecule has 0 spiro atoms. The highest BCUT2D eigenvalue weighted by atomic mass is 19.1. The van der Waals surface area contributed by atoms with Gasteiger partial charge in [-0.15, -0.1) is 0 Å². The van der Waals surface area contributed by atoms with Gasteiger partial charge in [0, 0.05) is 11.6 Å². The molecule has 2 aromatic rings. The number of carbonyl (C=O) groups excluding carboxylic acids is 1. The molecule has 1 aromatic heterocycles. The van der Waals surface area contributed by atoms with Gasteiger partial charge < -0.3 is 10.6 Å². The second kappa shape index (κ2) is 5.91. The van der Waals surface area contributed by atoms with E-state index in [1.54, 1.807) is 30.5 Å². The molecule has 0 aliphatic heterocycles. The first-order chi connectivity index (χ1) is 10.2. The lowest BCUT2D eigenvalue weighted by Crippen LogP contribution is -2.28. The third kappa shape index (κ3) is 3.37. The maximum Gasteiger partial charge on any atom is 0.228 e. The number of halogens is 1. The van der Waals surface area contributed by atoms with E-state index in [0.717, 1.165) is 24.9 Å². The van der Waals surface area contributed by atoms with Gasteiger partial charge in [-0.3, -0.25) is 4.79 Å². The first kappa shape index (κ1) is 13.5. The molecule has 1 fully saturated rings. The van der Waals surface area contributed by atoms with Gasteiger partial charge in [0.25, 0.3) is 0 Å². The summed E-state index contributed by atoms with van der Waals surface area (Å²) in [5.74, 6) is 0.422. The van der Waals surface area contributed by atoms with Crippen LogP contribution in [0.1, 0.15) is 19.3 Å². The van der Waals surface area contributed by atoms with E-state index >= 15 is 0 Å². The fourth-order valence-electron chi connectivity index (χ4n) is 2.17. The minimum absolute atomic E-state index is 0.0413. The van der Waals surface area contributed by atoms with Crippen molar-refractivity contribution in [3.63, 3.8) is 0 Å². The van der Waals surface area contributed by atoms with Gasteiger partial charge in [0.2, 0.25) is 5.91 Å². The Labute approximate surface area is 122 Å². The summed E-state index contributed by atoms with van der Waals surface area (Å²) < 4.78 is 13.1. The third-order valence-electron chi connectivity index (χ3n) is 3.60. The lowest BCUT2D eigenvalue weighted by molar-refractivity contribution is -0.122. The number of pyridine rings is 1. The highest BCUT2D eigenvalue weighted by molar-refractivity contribution is 5.92. The molecule has 108 valence electrons. The maximum absolute atomic E-state index is 13.1. The predicted octanol–water partition coefficient (Wildman–Crippen LogP) is 3.70. The van der Waals surface area contributed by atoms with Gasteiger partial charge in [-0.2, -0.15) is 0 Å². The van der Waals surface area contributed by atoms with Crippen molar-refractivity contribution in [2.45, 2.75) is 19.3 Å². The van der Waals surface area contributed by atoms with Crippen molar-refractivity contribution in [3.05, 3.63) is 48.4 Å². The Hall–Kier alpha value is -2.43. The molecule has 0 atom stereocenters. The zero-order valence-corrected chi connectivity index (χ0v) is 11.5. The molecule has 21 heavy (non-hydrogen) atoms. The molecule has 1 saturated carbocycles. The molecule has 0 unspecified atom stereocenters. The van der Waals surface area contributed by atoms with Crippen molar-refractivity contribution in [1.29, 1.82) is 0 Å². The Balaban J connectivity index is 1.62. The van der Waals surface area contributed by atoms with Crippen LogP contribution in [0, 0.1) is 11.7 Å². The average Bonchev–Trinajstić information content (AvgIpc) is 2.39. The fourth-order valence-corrected chi connectivity index (χ4v) is 2.17. The van der Waals surface area contributed by atoms with Gasteiger partial charge in [0.05, 0.1) is 11.9 Å².